The van der Waals surface area contributed by atoms with Crippen molar-refractivity contribution in [2.24, 2.45) is 0 Å². The van der Waals surface area contributed by atoms with Crippen LogP contribution in [0.4, 0.5) is 11.4 Å². The van der Waals surface area contributed by atoms with Gasteiger partial charge in [0.05, 0.1) is 16.1 Å². The maximum atomic E-state index is 12.3. The Hall–Kier alpha value is -1.92. The average Bonchev–Trinajstić information content (AvgIpc) is 2.79. The standard InChI is InChI=1S/C14H10BrN3OS/c15-8-4-1-2-5-9(8)18-14(19)13-11(16)12-10(20-13)6-3-7-17-12/h1-7H,16H2,(H,18,19). The number of nitrogens with two attached hydrogens (primary N) is 1. The first-order chi connectivity index (χ1) is 9.66. The Bertz CT molecular complexity index is 800. The van der Waals surface area contributed by atoms with Gasteiger partial charge in [-0.1, -0.05) is 12.1 Å². The quantitative estimate of drug-likeness (QED) is 0.738. The van der Waals surface area contributed by atoms with Gasteiger partial charge >= 0.3 is 0 Å². The first-order valence-corrected chi connectivity index (χ1v) is 7.46. The minimum atomic E-state index is -0.225. The number of halogens is 1. The zero-order valence-electron chi connectivity index (χ0n) is 10.3. The van der Waals surface area contributed by atoms with Crippen molar-refractivity contribution >= 4 is 54.8 Å². The molecule has 0 aliphatic rings. The Kier molecular flexibility index (Phi) is 3.42. The summed E-state index contributed by atoms with van der Waals surface area (Å²) in [7, 11) is 0. The Morgan fingerprint density at radius 2 is 2.05 bits per heavy atom. The molecule has 2 aromatic heterocycles. The molecule has 0 aliphatic heterocycles. The molecule has 1 aromatic carbocycles. The summed E-state index contributed by atoms with van der Waals surface area (Å²) in [5.41, 5.74) is 7.82. The lowest BCUT2D eigenvalue weighted by Crippen LogP contribution is -2.12. The van der Waals surface area contributed by atoms with Crippen molar-refractivity contribution in [3.8, 4) is 0 Å². The Morgan fingerprint density at radius 3 is 2.80 bits per heavy atom. The average molecular weight is 348 g/mol. The van der Waals surface area contributed by atoms with Crippen LogP contribution in [-0.2, 0) is 0 Å². The number of nitrogens with one attached hydrogen (secondary N) is 1. The summed E-state index contributed by atoms with van der Waals surface area (Å²) in [6.45, 7) is 0. The predicted molar refractivity (Wildman–Crippen MR) is 86.1 cm³/mol. The van der Waals surface area contributed by atoms with E-state index in [0.29, 0.717) is 21.8 Å². The molecule has 0 aliphatic carbocycles. The second-order valence-electron chi connectivity index (χ2n) is 4.13. The number of hydrogen-bond acceptors (Lipinski definition) is 4. The van der Waals surface area contributed by atoms with E-state index in [9.17, 15) is 4.79 Å². The van der Waals surface area contributed by atoms with Gasteiger partial charge in [0.15, 0.2) is 0 Å². The topological polar surface area (TPSA) is 68.0 Å². The number of amides is 1. The van der Waals surface area contributed by atoms with Crippen LogP contribution in [0.5, 0.6) is 0 Å². The normalized spacial score (nSPS) is 10.7. The SMILES string of the molecule is Nc1c(C(=O)Nc2ccccc2Br)sc2cccnc12. The van der Waals surface area contributed by atoms with Crippen molar-refractivity contribution in [2.75, 3.05) is 11.1 Å². The van der Waals surface area contributed by atoms with Crippen molar-refractivity contribution in [2.45, 2.75) is 0 Å². The number of pyridine rings is 1. The molecule has 0 saturated carbocycles. The number of nitrogens with zero attached hydrogens (tertiary/aromatic N) is 1. The van der Waals surface area contributed by atoms with E-state index in [-0.39, 0.29) is 5.91 Å². The molecule has 20 heavy (non-hydrogen) atoms. The number of para-hydroxylation sites is 1. The number of carbonyl (C=O) groups excluding carboxylic acids is 1. The molecule has 0 bridgehead atoms. The summed E-state index contributed by atoms with van der Waals surface area (Å²) in [6.07, 6.45) is 1.67. The van der Waals surface area contributed by atoms with Gasteiger partial charge < -0.3 is 11.1 Å². The molecule has 3 N–H and O–H groups in total. The summed E-state index contributed by atoms with van der Waals surface area (Å²) < 4.78 is 1.73. The highest BCUT2D eigenvalue weighted by molar-refractivity contribution is 9.10. The van der Waals surface area contributed by atoms with Gasteiger partial charge in [-0.05, 0) is 40.2 Å². The van der Waals surface area contributed by atoms with Crippen LogP contribution in [0.25, 0.3) is 10.2 Å². The van der Waals surface area contributed by atoms with Crippen LogP contribution >= 0.6 is 27.3 Å². The molecule has 3 rings (SSSR count). The Balaban J connectivity index is 1.97. The van der Waals surface area contributed by atoms with Crippen LogP contribution in [0, 0.1) is 0 Å². The molecule has 2 heterocycles. The summed E-state index contributed by atoms with van der Waals surface area (Å²) in [4.78, 5) is 17.0. The van der Waals surface area contributed by atoms with Crippen LogP contribution in [-0.4, -0.2) is 10.9 Å². The third-order valence-corrected chi connectivity index (χ3v) is 4.66. The summed E-state index contributed by atoms with van der Waals surface area (Å²) >= 11 is 4.74. The number of rotatable bonds is 2. The van der Waals surface area contributed by atoms with Crippen LogP contribution in [0.3, 0.4) is 0 Å². The second-order valence-corrected chi connectivity index (χ2v) is 6.04. The minimum Gasteiger partial charge on any atom is -0.396 e. The van der Waals surface area contributed by atoms with Crippen molar-refractivity contribution in [3.63, 3.8) is 0 Å². The molecular formula is C14H10BrN3OS. The maximum Gasteiger partial charge on any atom is 0.267 e. The van der Waals surface area contributed by atoms with E-state index in [1.54, 1.807) is 6.20 Å². The van der Waals surface area contributed by atoms with Crippen molar-refractivity contribution in [1.29, 1.82) is 0 Å². The van der Waals surface area contributed by atoms with E-state index in [4.69, 9.17) is 5.73 Å². The highest BCUT2D eigenvalue weighted by atomic mass is 79.9. The summed E-state index contributed by atoms with van der Waals surface area (Å²) in [5.74, 6) is -0.225. The monoisotopic (exact) mass is 347 g/mol. The predicted octanol–water partition coefficient (Wildman–Crippen LogP) is 3.89. The van der Waals surface area contributed by atoms with E-state index < -0.39 is 0 Å². The first kappa shape index (κ1) is 13.1. The molecule has 0 radical (unpaired) electrons. The third kappa shape index (κ3) is 2.28. The van der Waals surface area contributed by atoms with Gasteiger partial charge in [-0.15, -0.1) is 11.3 Å². The van der Waals surface area contributed by atoms with Crippen molar-refractivity contribution in [1.82, 2.24) is 4.98 Å². The van der Waals surface area contributed by atoms with E-state index in [1.165, 1.54) is 11.3 Å². The number of nitrogen functional groups attached to an aromatic ring is 1. The number of aromatic nitrogens is 1. The molecule has 0 atom stereocenters. The Morgan fingerprint density at radius 1 is 1.25 bits per heavy atom. The molecule has 3 aromatic rings. The largest absolute Gasteiger partial charge is 0.396 e. The molecule has 1 amide bonds. The van der Waals surface area contributed by atoms with E-state index in [0.717, 1.165) is 9.17 Å². The number of hydrogen-bond donors (Lipinski definition) is 2. The van der Waals surface area contributed by atoms with Gasteiger partial charge in [0.1, 0.15) is 10.4 Å². The zero-order chi connectivity index (χ0) is 14.1. The zero-order valence-corrected chi connectivity index (χ0v) is 12.7. The highest BCUT2D eigenvalue weighted by Crippen LogP contribution is 2.33. The number of thiophene rings is 1. The molecule has 0 saturated heterocycles. The van der Waals surface area contributed by atoms with Gasteiger partial charge in [0.25, 0.3) is 5.91 Å². The van der Waals surface area contributed by atoms with Crippen molar-refractivity contribution in [3.05, 3.63) is 51.9 Å². The highest BCUT2D eigenvalue weighted by Gasteiger charge is 2.17. The number of anilines is 2. The number of benzene rings is 1. The Labute approximate surface area is 127 Å². The molecule has 0 fully saturated rings. The van der Waals surface area contributed by atoms with Crippen LogP contribution in [0.2, 0.25) is 0 Å². The lowest BCUT2D eigenvalue weighted by Gasteiger charge is -2.06. The first-order valence-electron chi connectivity index (χ1n) is 5.85. The van der Waals surface area contributed by atoms with Gasteiger partial charge in [0, 0.05) is 10.7 Å². The van der Waals surface area contributed by atoms with E-state index in [1.807, 2.05) is 36.4 Å². The fraction of sp³-hybridized carbons (Fsp3) is 0. The van der Waals surface area contributed by atoms with Gasteiger partial charge in [-0.2, -0.15) is 0 Å². The molecule has 6 heteroatoms. The van der Waals surface area contributed by atoms with Crippen LogP contribution < -0.4 is 11.1 Å². The van der Waals surface area contributed by atoms with Crippen LogP contribution in [0.15, 0.2) is 47.1 Å². The molecule has 0 unspecified atom stereocenters. The van der Waals surface area contributed by atoms with E-state index >= 15 is 0 Å². The fourth-order valence-corrected chi connectivity index (χ4v) is 3.22. The van der Waals surface area contributed by atoms with Gasteiger partial charge in [-0.3, -0.25) is 9.78 Å². The summed E-state index contributed by atoms with van der Waals surface area (Å²) in [6, 6.07) is 11.2. The smallest absolute Gasteiger partial charge is 0.267 e. The third-order valence-electron chi connectivity index (χ3n) is 2.81. The summed E-state index contributed by atoms with van der Waals surface area (Å²) in [5, 5.41) is 2.85. The van der Waals surface area contributed by atoms with Gasteiger partial charge in [-0.25, -0.2) is 0 Å². The minimum absolute atomic E-state index is 0.225. The van der Waals surface area contributed by atoms with Gasteiger partial charge in [0.2, 0.25) is 0 Å². The maximum absolute atomic E-state index is 12.3. The number of fused-ring (bicyclic) bond motifs is 1. The fourth-order valence-electron chi connectivity index (χ4n) is 1.86. The van der Waals surface area contributed by atoms with Crippen molar-refractivity contribution < 1.29 is 4.79 Å². The number of carbonyl (C=O) groups is 1. The molecule has 4 nitrogen and oxygen atoms in total. The second kappa shape index (κ2) is 5.22. The molecular weight excluding hydrogens is 338 g/mol. The van der Waals surface area contributed by atoms with Crippen LogP contribution in [0.1, 0.15) is 9.67 Å². The molecule has 100 valence electrons. The van der Waals surface area contributed by atoms with E-state index in [2.05, 4.69) is 26.2 Å². The molecule has 0 spiro atoms. The lowest BCUT2D eigenvalue weighted by atomic mass is 10.3. The lowest BCUT2D eigenvalue weighted by molar-refractivity contribution is 0.103.